The maximum absolute atomic E-state index is 12.2. The first kappa shape index (κ1) is 13.5. The molecule has 0 aliphatic carbocycles. The zero-order valence-corrected chi connectivity index (χ0v) is 11.6. The maximum atomic E-state index is 12.2. The molecule has 21 heavy (non-hydrogen) atoms. The van der Waals surface area contributed by atoms with Crippen LogP contribution in [0.5, 0.6) is 5.75 Å². The fourth-order valence-electron chi connectivity index (χ4n) is 2.42. The number of piperidine rings is 1. The normalized spacial score (nSPS) is 18.5. The van der Waals surface area contributed by atoms with Gasteiger partial charge in [-0.25, -0.2) is 9.67 Å². The molecule has 2 aromatic heterocycles. The molecule has 1 unspecified atom stereocenters. The van der Waals surface area contributed by atoms with Crippen LogP contribution in [0.15, 0.2) is 37.2 Å². The van der Waals surface area contributed by atoms with Gasteiger partial charge in [-0.2, -0.15) is 5.10 Å². The second kappa shape index (κ2) is 6.34. The van der Waals surface area contributed by atoms with Crippen molar-refractivity contribution in [2.24, 2.45) is 0 Å². The van der Waals surface area contributed by atoms with Gasteiger partial charge in [-0.15, -0.1) is 0 Å². The average molecular weight is 287 g/mol. The molecule has 2 aromatic rings. The van der Waals surface area contributed by atoms with Gasteiger partial charge in [0.15, 0.2) is 0 Å². The first-order valence-electron chi connectivity index (χ1n) is 6.98. The fraction of sp³-hybridized carbons (Fsp3) is 0.429. The summed E-state index contributed by atoms with van der Waals surface area (Å²) in [5.74, 6) is 0.837. The summed E-state index contributed by atoms with van der Waals surface area (Å²) >= 11 is 0. The topological polar surface area (TPSA) is 73.1 Å². The number of likely N-dealkylation sites (tertiary alicyclic amines) is 1. The molecular weight excluding hydrogens is 270 g/mol. The summed E-state index contributed by atoms with van der Waals surface area (Å²) in [6.07, 6.45) is 8.30. The quantitative estimate of drug-likeness (QED) is 0.829. The largest absolute Gasteiger partial charge is 0.488 e. The Kier molecular flexibility index (Phi) is 4.09. The number of rotatable bonds is 4. The average Bonchev–Trinajstić information content (AvgIpc) is 3.01. The van der Waals surface area contributed by atoms with E-state index < -0.39 is 0 Å². The number of ether oxygens (including phenoxy) is 1. The number of pyridine rings is 1. The van der Waals surface area contributed by atoms with E-state index in [-0.39, 0.29) is 18.6 Å². The van der Waals surface area contributed by atoms with Crippen LogP contribution in [0.4, 0.5) is 0 Å². The van der Waals surface area contributed by atoms with E-state index in [2.05, 4.69) is 15.1 Å². The number of carbonyl (C=O) groups is 1. The summed E-state index contributed by atoms with van der Waals surface area (Å²) < 4.78 is 7.44. The van der Waals surface area contributed by atoms with Crippen LogP contribution in [-0.4, -0.2) is 49.7 Å². The number of aromatic nitrogens is 4. The lowest BCUT2D eigenvalue weighted by Crippen LogP contribution is -2.45. The Bertz CT molecular complexity index is 572. The van der Waals surface area contributed by atoms with Gasteiger partial charge in [-0.05, 0) is 25.0 Å². The highest BCUT2D eigenvalue weighted by atomic mass is 16.5. The molecule has 7 nitrogen and oxygen atoms in total. The Hall–Kier alpha value is -2.44. The Morgan fingerprint density at radius 1 is 1.33 bits per heavy atom. The van der Waals surface area contributed by atoms with Crippen molar-refractivity contribution in [3.05, 3.63) is 37.2 Å². The van der Waals surface area contributed by atoms with Gasteiger partial charge in [0.1, 0.15) is 31.1 Å². The summed E-state index contributed by atoms with van der Waals surface area (Å²) in [6, 6.07) is 3.66. The van der Waals surface area contributed by atoms with E-state index >= 15 is 0 Å². The molecule has 1 saturated heterocycles. The minimum absolute atomic E-state index is 0.0286. The molecule has 1 aliphatic rings. The molecule has 3 rings (SSSR count). The first-order valence-corrected chi connectivity index (χ1v) is 6.98. The smallest absolute Gasteiger partial charge is 0.244 e. The van der Waals surface area contributed by atoms with Crippen molar-refractivity contribution in [3.63, 3.8) is 0 Å². The standard InChI is InChI=1S/C14H17N5O2/c20-14(9-19-11-16-10-17-19)18-7-1-2-13(8-18)21-12-3-5-15-6-4-12/h3-6,10-11,13H,1-2,7-9H2. The Morgan fingerprint density at radius 2 is 2.19 bits per heavy atom. The molecule has 1 amide bonds. The highest BCUT2D eigenvalue weighted by molar-refractivity contribution is 5.76. The number of hydrogen-bond donors (Lipinski definition) is 0. The van der Waals surface area contributed by atoms with Gasteiger partial charge in [0.05, 0.1) is 6.54 Å². The first-order chi connectivity index (χ1) is 10.3. The summed E-state index contributed by atoms with van der Waals surface area (Å²) in [6.45, 7) is 1.60. The third kappa shape index (κ3) is 3.56. The molecule has 3 heterocycles. The summed E-state index contributed by atoms with van der Waals surface area (Å²) in [5, 5.41) is 3.96. The summed E-state index contributed by atoms with van der Waals surface area (Å²) in [4.78, 5) is 21.9. The molecular formula is C14H17N5O2. The van der Waals surface area contributed by atoms with E-state index in [1.165, 1.54) is 11.0 Å². The van der Waals surface area contributed by atoms with Crippen LogP contribution >= 0.6 is 0 Å². The van der Waals surface area contributed by atoms with Crippen LogP contribution in [0.2, 0.25) is 0 Å². The highest BCUT2D eigenvalue weighted by Crippen LogP contribution is 2.17. The van der Waals surface area contributed by atoms with Gasteiger partial charge in [0.2, 0.25) is 5.91 Å². The molecule has 1 aliphatic heterocycles. The van der Waals surface area contributed by atoms with Crippen LogP contribution in [0, 0.1) is 0 Å². The molecule has 0 saturated carbocycles. The van der Waals surface area contributed by atoms with Gasteiger partial charge < -0.3 is 9.64 Å². The van der Waals surface area contributed by atoms with E-state index in [1.54, 1.807) is 18.7 Å². The highest BCUT2D eigenvalue weighted by Gasteiger charge is 2.25. The Morgan fingerprint density at radius 3 is 2.95 bits per heavy atom. The monoisotopic (exact) mass is 287 g/mol. The van der Waals surface area contributed by atoms with Crippen molar-refractivity contribution >= 4 is 5.91 Å². The van der Waals surface area contributed by atoms with Gasteiger partial charge in [-0.3, -0.25) is 9.78 Å². The second-order valence-electron chi connectivity index (χ2n) is 5.00. The van der Waals surface area contributed by atoms with Crippen LogP contribution in [0.25, 0.3) is 0 Å². The van der Waals surface area contributed by atoms with Crippen molar-refractivity contribution in [3.8, 4) is 5.75 Å². The van der Waals surface area contributed by atoms with Crippen LogP contribution in [0.1, 0.15) is 12.8 Å². The minimum Gasteiger partial charge on any atom is -0.488 e. The van der Waals surface area contributed by atoms with Crippen LogP contribution in [-0.2, 0) is 11.3 Å². The lowest BCUT2D eigenvalue weighted by molar-refractivity contribution is -0.134. The number of nitrogens with zero attached hydrogens (tertiary/aromatic N) is 5. The van der Waals surface area contributed by atoms with Gasteiger partial charge in [-0.1, -0.05) is 0 Å². The van der Waals surface area contributed by atoms with Crippen molar-refractivity contribution < 1.29 is 9.53 Å². The molecule has 0 aromatic carbocycles. The second-order valence-corrected chi connectivity index (χ2v) is 5.00. The SMILES string of the molecule is O=C(Cn1cncn1)N1CCCC(Oc2ccncc2)C1. The van der Waals surface area contributed by atoms with E-state index in [4.69, 9.17) is 4.74 Å². The lowest BCUT2D eigenvalue weighted by Gasteiger charge is -2.32. The zero-order valence-electron chi connectivity index (χ0n) is 11.6. The summed E-state index contributed by atoms with van der Waals surface area (Å²) in [7, 11) is 0. The molecule has 110 valence electrons. The Balaban J connectivity index is 1.56. The van der Waals surface area contributed by atoms with Gasteiger partial charge in [0.25, 0.3) is 0 Å². The van der Waals surface area contributed by atoms with E-state index in [0.29, 0.717) is 6.54 Å². The molecule has 0 spiro atoms. The molecule has 0 bridgehead atoms. The fourth-order valence-corrected chi connectivity index (χ4v) is 2.42. The molecule has 7 heteroatoms. The molecule has 0 N–H and O–H groups in total. The van der Waals surface area contributed by atoms with Crippen molar-refractivity contribution in [1.82, 2.24) is 24.6 Å². The van der Waals surface area contributed by atoms with E-state index in [9.17, 15) is 4.79 Å². The predicted octanol–water partition coefficient (Wildman–Crippen LogP) is 0.743. The predicted molar refractivity (Wildman–Crippen MR) is 74.5 cm³/mol. The third-order valence-electron chi connectivity index (χ3n) is 3.45. The minimum atomic E-state index is 0.0286. The number of amides is 1. The van der Waals surface area contributed by atoms with Crippen molar-refractivity contribution in [2.75, 3.05) is 13.1 Å². The summed E-state index contributed by atoms with van der Waals surface area (Å²) in [5.41, 5.74) is 0. The number of hydrogen-bond acceptors (Lipinski definition) is 5. The van der Waals surface area contributed by atoms with Crippen molar-refractivity contribution in [2.45, 2.75) is 25.5 Å². The third-order valence-corrected chi connectivity index (χ3v) is 3.45. The van der Waals surface area contributed by atoms with Gasteiger partial charge in [0, 0.05) is 18.9 Å². The van der Waals surface area contributed by atoms with Gasteiger partial charge >= 0.3 is 0 Å². The zero-order chi connectivity index (χ0) is 14.5. The number of carbonyl (C=O) groups excluding carboxylic acids is 1. The molecule has 1 atom stereocenters. The van der Waals surface area contributed by atoms with Crippen LogP contribution < -0.4 is 4.74 Å². The van der Waals surface area contributed by atoms with E-state index in [0.717, 1.165) is 25.1 Å². The van der Waals surface area contributed by atoms with E-state index in [1.807, 2.05) is 17.0 Å². The van der Waals surface area contributed by atoms with Crippen LogP contribution in [0.3, 0.4) is 0 Å². The molecule has 1 fully saturated rings. The Labute approximate surface area is 122 Å². The maximum Gasteiger partial charge on any atom is 0.244 e. The lowest BCUT2D eigenvalue weighted by atomic mass is 10.1. The molecule has 0 radical (unpaired) electrons. The van der Waals surface area contributed by atoms with Crippen molar-refractivity contribution in [1.29, 1.82) is 0 Å².